The van der Waals surface area contributed by atoms with Gasteiger partial charge in [0.1, 0.15) is 0 Å². The molecular formula is C12H13FN2O. The highest BCUT2D eigenvalue weighted by Gasteiger charge is 2.11. The first-order valence-corrected chi connectivity index (χ1v) is 5.11. The Bertz CT molecular complexity index is 505. The van der Waals surface area contributed by atoms with E-state index in [4.69, 9.17) is 0 Å². The number of hydrogen-bond acceptors (Lipinski definition) is 2. The van der Waals surface area contributed by atoms with E-state index in [0.717, 1.165) is 0 Å². The quantitative estimate of drug-likeness (QED) is 0.844. The fourth-order valence-corrected chi connectivity index (χ4v) is 1.50. The van der Waals surface area contributed by atoms with Gasteiger partial charge >= 0.3 is 0 Å². The maximum atomic E-state index is 13.6. The van der Waals surface area contributed by atoms with E-state index in [1.165, 1.54) is 6.07 Å². The van der Waals surface area contributed by atoms with Crippen LogP contribution in [0.1, 0.15) is 19.9 Å². The number of aromatic hydroxyl groups is 1. The van der Waals surface area contributed by atoms with E-state index in [2.05, 4.69) is 5.10 Å². The molecule has 0 fully saturated rings. The number of phenolic OH excluding ortho intramolecular Hbond substituents is 1. The molecule has 0 unspecified atom stereocenters. The van der Waals surface area contributed by atoms with Gasteiger partial charge in [-0.15, -0.1) is 0 Å². The number of halogens is 1. The molecule has 0 radical (unpaired) electrons. The minimum absolute atomic E-state index is 0.231. The number of aromatic nitrogens is 2. The third-order valence-electron chi connectivity index (χ3n) is 2.42. The SMILES string of the molecule is CC(C)n1cc(-c2cccc(O)c2F)cn1. The van der Waals surface area contributed by atoms with Gasteiger partial charge in [0.15, 0.2) is 11.6 Å². The van der Waals surface area contributed by atoms with E-state index >= 15 is 0 Å². The van der Waals surface area contributed by atoms with Crippen molar-refractivity contribution in [3.05, 3.63) is 36.4 Å². The summed E-state index contributed by atoms with van der Waals surface area (Å²) in [6, 6.07) is 4.79. The van der Waals surface area contributed by atoms with Crippen LogP contribution in [0, 0.1) is 5.82 Å². The smallest absolute Gasteiger partial charge is 0.172 e. The van der Waals surface area contributed by atoms with E-state index in [0.29, 0.717) is 11.1 Å². The van der Waals surface area contributed by atoms with Crippen LogP contribution < -0.4 is 0 Å². The van der Waals surface area contributed by atoms with Crippen molar-refractivity contribution in [2.24, 2.45) is 0 Å². The standard InChI is InChI=1S/C12H13FN2O/c1-8(2)15-7-9(6-14-15)10-4-3-5-11(16)12(10)13/h3-8,16H,1-2H3. The topological polar surface area (TPSA) is 38.0 Å². The number of hydrogen-bond donors (Lipinski definition) is 1. The highest BCUT2D eigenvalue weighted by atomic mass is 19.1. The lowest BCUT2D eigenvalue weighted by molar-refractivity contribution is 0.433. The summed E-state index contributed by atoms with van der Waals surface area (Å²) >= 11 is 0. The fourth-order valence-electron chi connectivity index (χ4n) is 1.50. The van der Waals surface area contributed by atoms with Crippen molar-refractivity contribution in [2.45, 2.75) is 19.9 Å². The normalized spacial score (nSPS) is 11.0. The molecule has 0 saturated carbocycles. The summed E-state index contributed by atoms with van der Waals surface area (Å²) in [5.74, 6) is -0.944. The molecule has 1 aromatic heterocycles. The average Bonchev–Trinajstić information content (AvgIpc) is 2.71. The van der Waals surface area contributed by atoms with Crippen molar-refractivity contribution in [1.29, 1.82) is 0 Å². The Morgan fingerprint density at radius 2 is 2.12 bits per heavy atom. The molecule has 2 aromatic rings. The van der Waals surface area contributed by atoms with Crippen LogP contribution in [0.15, 0.2) is 30.6 Å². The third-order valence-corrected chi connectivity index (χ3v) is 2.42. The molecule has 1 aromatic carbocycles. The van der Waals surface area contributed by atoms with Crippen LogP contribution in [-0.2, 0) is 0 Å². The minimum atomic E-state index is -0.606. The molecule has 16 heavy (non-hydrogen) atoms. The van der Waals surface area contributed by atoms with Crippen LogP contribution in [0.25, 0.3) is 11.1 Å². The lowest BCUT2D eigenvalue weighted by Crippen LogP contribution is -1.99. The molecule has 2 rings (SSSR count). The molecule has 0 bridgehead atoms. The zero-order chi connectivity index (χ0) is 11.7. The Morgan fingerprint density at radius 1 is 1.38 bits per heavy atom. The number of nitrogens with zero attached hydrogens (tertiary/aromatic N) is 2. The Balaban J connectivity index is 2.47. The van der Waals surface area contributed by atoms with Crippen molar-refractivity contribution >= 4 is 0 Å². The number of phenols is 1. The van der Waals surface area contributed by atoms with E-state index in [1.807, 2.05) is 13.8 Å². The van der Waals surface area contributed by atoms with Gasteiger partial charge in [-0.1, -0.05) is 12.1 Å². The Morgan fingerprint density at radius 3 is 2.75 bits per heavy atom. The van der Waals surface area contributed by atoms with Gasteiger partial charge in [0, 0.05) is 23.4 Å². The Kier molecular flexibility index (Phi) is 2.64. The van der Waals surface area contributed by atoms with Gasteiger partial charge in [-0.25, -0.2) is 4.39 Å². The van der Waals surface area contributed by atoms with Gasteiger partial charge in [-0.2, -0.15) is 5.10 Å². The monoisotopic (exact) mass is 220 g/mol. The van der Waals surface area contributed by atoms with Crippen LogP contribution in [-0.4, -0.2) is 14.9 Å². The van der Waals surface area contributed by atoms with Crippen LogP contribution in [0.3, 0.4) is 0 Å². The molecule has 1 heterocycles. The molecule has 0 atom stereocenters. The molecule has 3 nitrogen and oxygen atoms in total. The van der Waals surface area contributed by atoms with E-state index < -0.39 is 5.82 Å². The second-order valence-electron chi connectivity index (χ2n) is 3.94. The van der Waals surface area contributed by atoms with Gasteiger partial charge < -0.3 is 5.11 Å². The van der Waals surface area contributed by atoms with Crippen LogP contribution >= 0.6 is 0 Å². The number of benzene rings is 1. The lowest BCUT2D eigenvalue weighted by Gasteiger charge is -2.04. The Hall–Kier alpha value is -1.84. The summed E-state index contributed by atoms with van der Waals surface area (Å²) in [5.41, 5.74) is 1.04. The van der Waals surface area contributed by atoms with Gasteiger partial charge in [-0.05, 0) is 19.9 Å². The first kappa shape index (κ1) is 10.7. The summed E-state index contributed by atoms with van der Waals surface area (Å²) < 4.78 is 15.4. The zero-order valence-corrected chi connectivity index (χ0v) is 9.18. The predicted molar refractivity (Wildman–Crippen MR) is 59.7 cm³/mol. The molecule has 4 heteroatoms. The summed E-state index contributed by atoms with van der Waals surface area (Å²) in [7, 11) is 0. The van der Waals surface area contributed by atoms with Gasteiger partial charge in [0.05, 0.1) is 6.20 Å². The lowest BCUT2D eigenvalue weighted by atomic mass is 10.1. The number of rotatable bonds is 2. The predicted octanol–water partition coefficient (Wildman–Crippen LogP) is 2.98. The van der Waals surface area contributed by atoms with Gasteiger partial charge in [0.2, 0.25) is 0 Å². The van der Waals surface area contributed by atoms with Gasteiger partial charge in [0.25, 0.3) is 0 Å². The molecule has 84 valence electrons. The molecule has 0 saturated heterocycles. The van der Waals surface area contributed by atoms with Crippen LogP contribution in [0.5, 0.6) is 5.75 Å². The molecule has 0 aliphatic rings. The van der Waals surface area contributed by atoms with Crippen molar-refractivity contribution in [2.75, 3.05) is 0 Å². The molecule has 0 aliphatic heterocycles. The first-order chi connectivity index (χ1) is 7.59. The highest BCUT2D eigenvalue weighted by Crippen LogP contribution is 2.28. The molecular weight excluding hydrogens is 207 g/mol. The van der Waals surface area contributed by atoms with Crippen molar-refractivity contribution in [1.82, 2.24) is 9.78 Å². The van der Waals surface area contributed by atoms with Crippen LogP contribution in [0.2, 0.25) is 0 Å². The summed E-state index contributed by atoms with van der Waals surface area (Å²) in [6.07, 6.45) is 3.36. The second kappa shape index (κ2) is 3.96. The maximum absolute atomic E-state index is 13.6. The average molecular weight is 220 g/mol. The third kappa shape index (κ3) is 1.78. The maximum Gasteiger partial charge on any atom is 0.172 e. The summed E-state index contributed by atoms with van der Waals surface area (Å²) in [6.45, 7) is 3.99. The first-order valence-electron chi connectivity index (χ1n) is 5.11. The molecule has 0 aliphatic carbocycles. The van der Waals surface area contributed by atoms with E-state index in [-0.39, 0.29) is 11.8 Å². The minimum Gasteiger partial charge on any atom is -0.505 e. The molecule has 0 amide bonds. The molecule has 0 spiro atoms. The second-order valence-corrected chi connectivity index (χ2v) is 3.94. The van der Waals surface area contributed by atoms with E-state index in [1.54, 1.807) is 29.2 Å². The fraction of sp³-hybridized carbons (Fsp3) is 0.250. The Labute approximate surface area is 93.2 Å². The van der Waals surface area contributed by atoms with Crippen molar-refractivity contribution in [3.8, 4) is 16.9 Å². The van der Waals surface area contributed by atoms with Gasteiger partial charge in [-0.3, -0.25) is 4.68 Å². The van der Waals surface area contributed by atoms with E-state index in [9.17, 15) is 9.50 Å². The largest absolute Gasteiger partial charge is 0.505 e. The zero-order valence-electron chi connectivity index (χ0n) is 9.18. The van der Waals surface area contributed by atoms with Crippen molar-refractivity contribution in [3.63, 3.8) is 0 Å². The molecule has 1 N–H and O–H groups in total. The highest BCUT2D eigenvalue weighted by molar-refractivity contribution is 5.64. The van der Waals surface area contributed by atoms with Crippen LogP contribution in [0.4, 0.5) is 4.39 Å². The van der Waals surface area contributed by atoms with Crippen molar-refractivity contribution < 1.29 is 9.50 Å². The summed E-state index contributed by atoms with van der Waals surface area (Å²) in [4.78, 5) is 0. The summed E-state index contributed by atoms with van der Waals surface area (Å²) in [5, 5.41) is 13.4.